The number of hydrogen-bond acceptors (Lipinski definition) is 5. The maximum absolute atomic E-state index is 12.5. The minimum absolute atomic E-state index is 0.0648. The SMILES string of the molecule is CCN1CCCC1CNC(=O)c1ccc(Cl)c2c1OC(C)C2.O=C(O)/C=C/C(=O)O. The summed E-state index contributed by atoms with van der Waals surface area (Å²) in [4.78, 5) is 34.1. The van der Waals surface area contributed by atoms with Gasteiger partial charge in [-0.25, -0.2) is 9.59 Å². The van der Waals surface area contributed by atoms with Crippen molar-refractivity contribution in [3.05, 3.63) is 40.4 Å². The molecule has 1 fully saturated rings. The van der Waals surface area contributed by atoms with E-state index in [9.17, 15) is 14.4 Å². The summed E-state index contributed by atoms with van der Waals surface area (Å²) in [6, 6.07) is 4.01. The van der Waals surface area contributed by atoms with Crippen molar-refractivity contribution in [3.8, 4) is 5.75 Å². The first-order valence-electron chi connectivity index (χ1n) is 9.87. The van der Waals surface area contributed by atoms with Crippen LogP contribution in [-0.2, 0) is 16.0 Å². The molecule has 9 heteroatoms. The first-order chi connectivity index (χ1) is 14.2. The van der Waals surface area contributed by atoms with Crippen LogP contribution >= 0.6 is 11.6 Å². The van der Waals surface area contributed by atoms with Gasteiger partial charge in [-0.05, 0) is 45.0 Å². The van der Waals surface area contributed by atoms with Gasteiger partial charge in [0, 0.05) is 41.7 Å². The van der Waals surface area contributed by atoms with Crippen molar-refractivity contribution < 1.29 is 29.3 Å². The highest BCUT2D eigenvalue weighted by Crippen LogP contribution is 2.37. The van der Waals surface area contributed by atoms with Crippen molar-refractivity contribution in [3.63, 3.8) is 0 Å². The summed E-state index contributed by atoms with van der Waals surface area (Å²) in [5.41, 5.74) is 1.56. The Hall–Kier alpha value is -2.58. The number of fused-ring (bicyclic) bond motifs is 1. The number of likely N-dealkylation sites (tertiary alicyclic amines) is 1. The standard InChI is InChI=1S/C17H23ClN2O2.C4H4O4/c1-3-20-8-4-5-12(20)10-19-17(21)13-6-7-15(18)14-9-11(2)22-16(13)14;5-3(6)1-2-4(7)8/h6-7,11-12H,3-5,8-10H2,1-2H3,(H,19,21);1-2H,(H,5,6)(H,7,8)/b;2-1+. The van der Waals surface area contributed by atoms with Gasteiger partial charge in [0.2, 0.25) is 0 Å². The molecule has 2 unspecified atom stereocenters. The molecule has 0 aromatic heterocycles. The second-order valence-electron chi connectivity index (χ2n) is 7.18. The van der Waals surface area contributed by atoms with Crippen LogP contribution in [0.5, 0.6) is 5.75 Å². The lowest BCUT2D eigenvalue weighted by atomic mass is 10.1. The average Bonchev–Trinajstić information content (AvgIpc) is 3.31. The predicted octanol–water partition coefficient (Wildman–Crippen LogP) is 2.59. The van der Waals surface area contributed by atoms with Gasteiger partial charge in [0.25, 0.3) is 5.91 Å². The number of benzene rings is 1. The second kappa shape index (κ2) is 11.0. The zero-order valence-electron chi connectivity index (χ0n) is 17.1. The van der Waals surface area contributed by atoms with E-state index in [-0.39, 0.29) is 12.0 Å². The topological polar surface area (TPSA) is 116 Å². The van der Waals surface area contributed by atoms with E-state index in [0.29, 0.717) is 41.1 Å². The summed E-state index contributed by atoms with van der Waals surface area (Å²) in [5, 5.41) is 19.4. The molecular weight excluding hydrogens is 412 g/mol. The van der Waals surface area contributed by atoms with Crippen LogP contribution in [0.2, 0.25) is 5.02 Å². The van der Waals surface area contributed by atoms with Gasteiger partial charge in [-0.2, -0.15) is 0 Å². The fourth-order valence-electron chi connectivity index (χ4n) is 3.63. The van der Waals surface area contributed by atoms with Crippen LogP contribution in [0.25, 0.3) is 0 Å². The number of amides is 1. The molecule has 0 bridgehead atoms. The Morgan fingerprint density at radius 1 is 1.27 bits per heavy atom. The van der Waals surface area contributed by atoms with Gasteiger partial charge in [0.15, 0.2) is 0 Å². The highest BCUT2D eigenvalue weighted by atomic mass is 35.5. The number of carbonyl (C=O) groups excluding carboxylic acids is 1. The Kier molecular flexibility index (Phi) is 8.68. The van der Waals surface area contributed by atoms with Crippen LogP contribution < -0.4 is 10.1 Å². The van der Waals surface area contributed by atoms with Gasteiger partial charge < -0.3 is 20.3 Å². The van der Waals surface area contributed by atoms with E-state index in [4.69, 9.17) is 26.6 Å². The van der Waals surface area contributed by atoms with Crippen molar-refractivity contribution in [1.82, 2.24) is 10.2 Å². The molecule has 1 aromatic rings. The first kappa shape index (κ1) is 23.7. The Balaban J connectivity index is 0.000000343. The normalized spacial score (nSPS) is 20.2. The predicted molar refractivity (Wildman–Crippen MR) is 112 cm³/mol. The monoisotopic (exact) mass is 438 g/mol. The number of halogens is 1. The Labute approximate surface area is 180 Å². The van der Waals surface area contributed by atoms with Crippen molar-refractivity contribution in [1.29, 1.82) is 0 Å². The maximum Gasteiger partial charge on any atom is 0.328 e. The van der Waals surface area contributed by atoms with E-state index in [1.807, 2.05) is 6.92 Å². The molecule has 2 aliphatic rings. The Bertz CT molecular complexity index is 810. The highest BCUT2D eigenvalue weighted by molar-refractivity contribution is 6.31. The molecule has 3 rings (SSSR count). The molecule has 2 aliphatic heterocycles. The van der Waals surface area contributed by atoms with Crippen molar-refractivity contribution in [2.45, 2.75) is 45.3 Å². The fraction of sp³-hybridized carbons (Fsp3) is 0.476. The van der Waals surface area contributed by atoms with Crippen molar-refractivity contribution in [2.24, 2.45) is 0 Å². The number of nitrogens with zero attached hydrogens (tertiary/aromatic N) is 1. The molecule has 30 heavy (non-hydrogen) atoms. The quantitative estimate of drug-likeness (QED) is 0.584. The molecule has 3 N–H and O–H groups in total. The fourth-order valence-corrected chi connectivity index (χ4v) is 3.85. The average molecular weight is 439 g/mol. The minimum atomic E-state index is -1.26. The number of aliphatic carboxylic acids is 2. The third-order valence-corrected chi connectivity index (χ3v) is 5.38. The number of rotatable bonds is 6. The van der Waals surface area contributed by atoms with Gasteiger partial charge in [-0.3, -0.25) is 9.69 Å². The molecule has 8 nitrogen and oxygen atoms in total. The summed E-state index contributed by atoms with van der Waals surface area (Å²) >= 11 is 6.21. The van der Waals surface area contributed by atoms with Crippen molar-refractivity contribution in [2.75, 3.05) is 19.6 Å². The van der Waals surface area contributed by atoms with E-state index < -0.39 is 11.9 Å². The van der Waals surface area contributed by atoms with Crippen LogP contribution in [0.1, 0.15) is 42.6 Å². The van der Waals surface area contributed by atoms with Gasteiger partial charge in [-0.15, -0.1) is 0 Å². The molecule has 1 aromatic carbocycles. The molecule has 2 atom stereocenters. The van der Waals surface area contributed by atoms with Crippen LogP contribution in [0, 0.1) is 0 Å². The van der Waals surface area contributed by atoms with Crippen LogP contribution in [-0.4, -0.2) is 64.7 Å². The molecule has 1 saturated heterocycles. The van der Waals surface area contributed by atoms with E-state index in [1.165, 1.54) is 6.42 Å². The zero-order chi connectivity index (χ0) is 22.3. The van der Waals surface area contributed by atoms with E-state index in [1.54, 1.807) is 12.1 Å². The van der Waals surface area contributed by atoms with Crippen LogP contribution in [0.3, 0.4) is 0 Å². The minimum Gasteiger partial charge on any atom is -0.489 e. The smallest absolute Gasteiger partial charge is 0.328 e. The summed E-state index contributed by atoms with van der Waals surface area (Å²) in [7, 11) is 0. The van der Waals surface area contributed by atoms with Gasteiger partial charge in [0.05, 0.1) is 5.56 Å². The van der Waals surface area contributed by atoms with E-state index >= 15 is 0 Å². The molecule has 164 valence electrons. The number of hydrogen-bond donors (Lipinski definition) is 3. The number of carbonyl (C=O) groups is 3. The second-order valence-corrected chi connectivity index (χ2v) is 7.59. The third kappa shape index (κ3) is 6.47. The first-order valence-corrected chi connectivity index (χ1v) is 10.2. The summed E-state index contributed by atoms with van der Waals surface area (Å²) < 4.78 is 5.80. The lowest BCUT2D eigenvalue weighted by molar-refractivity contribution is -0.134. The lowest BCUT2D eigenvalue weighted by Crippen LogP contribution is -2.40. The summed E-state index contributed by atoms with van der Waals surface area (Å²) in [5.74, 6) is -1.92. The lowest BCUT2D eigenvalue weighted by Gasteiger charge is -2.23. The van der Waals surface area contributed by atoms with Crippen LogP contribution in [0.4, 0.5) is 0 Å². The molecular formula is C21H27ClN2O6. The number of carboxylic acids is 2. The largest absolute Gasteiger partial charge is 0.489 e. The number of nitrogens with one attached hydrogen (secondary N) is 1. The zero-order valence-corrected chi connectivity index (χ0v) is 17.8. The van der Waals surface area contributed by atoms with Gasteiger partial charge in [0.1, 0.15) is 11.9 Å². The third-order valence-electron chi connectivity index (χ3n) is 5.03. The van der Waals surface area contributed by atoms with Gasteiger partial charge in [-0.1, -0.05) is 18.5 Å². The summed E-state index contributed by atoms with van der Waals surface area (Å²) in [6.07, 6.45) is 4.32. The Morgan fingerprint density at radius 2 is 1.93 bits per heavy atom. The van der Waals surface area contributed by atoms with E-state index in [0.717, 1.165) is 31.5 Å². The molecule has 2 heterocycles. The van der Waals surface area contributed by atoms with Crippen molar-refractivity contribution >= 4 is 29.4 Å². The highest BCUT2D eigenvalue weighted by Gasteiger charge is 2.28. The number of carboxylic acid groups (broad SMARTS) is 2. The molecule has 0 saturated carbocycles. The molecule has 0 radical (unpaired) electrons. The Morgan fingerprint density at radius 3 is 2.53 bits per heavy atom. The van der Waals surface area contributed by atoms with Gasteiger partial charge >= 0.3 is 11.9 Å². The van der Waals surface area contributed by atoms with E-state index in [2.05, 4.69) is 17.1 Å². The summed E-state index contributed by atoms with van der Waals surface area (Å²) in [6.45, 7) is 7.03. The van der Waals surface area contributed by atoms with Crippen LogP contribution in [0.15, 0.2) is 24.3 Å². The number of ether oxygens (including phenoxy) is 1. The molecule has 0 spiro atoms. The number of likely N-dealkylation sites (N-methyl/N-ethyl adjacent to an activating group) is 1. The molecule has 1 amide bonds. The molecule has 0 aliphatic carbocycles. The maximum atomic E-state index is 12.5.